The van der Waals surface area contributed by atoms with E-state index in [9.17, 15) is 9.90 Å². The Morgan fingerprint density at radius 2 is 1.44 bits per heavy atom. The summed E-state index contributed by atoms with van der Waals surface area (Å²) in [5.41, 5.74) is 7.62. The van der Waals surface area contributed by atoms with Gasteiger partial charge in [0.2, 0.25) is 0 Å². The fourth-order valence-corrected chi connectivity index (χ4v) is 4.30. The summed E-state index contributed by atoms with van der Waals surface area (Å²) in [5.74, 6) is -0.954. The maximum atomic E-state index is 11.2. The summed E-state index contributed by atoms with van der Waals surface area (Å²) in [5, 5.41) is 20.3. The minimum Gasteiger partial charge on any atom is -0.478 e. The molecule has 0 fully saturated rings. The minimum absolute atomic E-state index is 0.0744. The van der Waals surface area contributed by atoms with E-state index >= 15 is 0 Å². The normalized spacial score (nSPS) is 13.1. The molecular weight excluding hydrogens is 446 g/mol. The Morgan fingerprint density at radius 1 is 0.861 bits per heavy atom. The molecule has 0 heterocycles. The number of carbonyl (C=O) groups is 1. The molecule has 0 aliphatic carbocycles. The van der Waals surface area contributed by atoms with Crippen molar-refractivity contribution in [2.24, 2.45) is 0 Å². The van der Waals surface area contributed by atoms with Crippen molar-refractivity contribution in [2.75, 3.05) is 19.0 Å². The maximum Gasteiger partial charge on any atom is 0.335 e. The smallest absolute Gasteiger partial charge is 0.335 e. The van der Waals surface area contributed by atoms with Gasteiger partial charge in [-0.25, -0.2) is 4.79 Å². The van der Waals surface area contributed by atoms with E-state index in [0.717, 1.165) is 33.5 Å². The largest absolute Gasteiger partial charge is 0.478 e. The number of nitrogens with zero attached hydrogens (tertiary/aromatic N) is 1. The van der Waals surface area contributed by atoms with Gasteiger partial charge >= 0.3 is 5.97 Å². The molecule has 0 saturated carbocycles. The second-order valence-corrected chi connectivity index (χ2v) is 11.7. The molecule has 3 aromatic rings. The van der Waals surface area contributed by atoms with Crippen LogP contribution in [0.2, 0.25) is 0 Å². The first-order valence-electron chi connectivity index (χ1n) is 12.3. The summed E-state index contributed by atoms with van der Waals surface area (Å²) in [6.07, 6.45) is 2.76. The number of hydrogen-bond donors (Lipinski definition) is 2. The third kappa shape index (κ3) is 6.24. The average Bonchev–Trinajstić information content (AvgIpc) is 2.80. The lowest BCUT2D eigenvalue weighted by Gasteiger charge is -2.31. The Hall–Kier alpha value is -3.37. The number of rotatable bonds is 6. The highest BCUT2D eigenvalue weighted by Gasteiger charge is 2.25. The quantitative estimate of drug-likeness (QED) is 0.380. The van der Waals surface area contributed by atoms with Crippen LogP contribution < -0.4 is 4.90 Å². The fourth-order valence-electron chi connectivity index (χ4n) is 4.30. The van der Waals surface area contributed by atoms with Gasteiger partial charge in [0.1, 0.15) is 0 Å². The van der Waals surface area contributed by atoms with Crippen LogP contribution in [-0.4, -0.2) is 30.3 Å². The number of anilines is 1. The van der Waals surface area contributed by atoms with Gasteiger partial charge in [-0.15, -0.1) is 0 Å². The van der Waals surface area contributed by atoms with Crippen LogP contribution in [0.3, 0.4) is 0 Å². The number of carboxylic acid groups (broad SMARTS) is 1. The molecule has 4 nitrogen and oxygen atoms in total. The maximum absolute atomic E-state index is 11.2. The van der Waals surface area contributed by atoms with Crippen LogP contribution in [-0.2, 0) is 10.8 Å². The van der Waals surface area contributed by atoms with E-state index in [1.54, 1.807) is 30.3 Å². The third-order valence-electron chi connectivity index (χ3n) is 6.42. The summed E-state index contributed by atoms with van der Waals surface area (Å²) in [7, 11) is 4.13. The zero-order chi connectivity index (χ0) is 26.8. The van der Waals surface area contributed by atoms with Gasteiger partial charge in [-0.2, -0.15) is 0 Å². The van der Waals surface area contributed by atoms with E-state index in [2.05, 4.69) is 96.9 Å². The molecule has 0 saturated heterocycles. The van der Waals surface area contributed by atoms with E-state index in [0.29, 0.717) is 0 Å². The summed E-state index contributed by atoms with van der Waals surface area (Å²) in [4.78, 5) is 13.3. The van der Waals surface area contributed by atoms with Crippen LogP contribution in [0.4, 0.5) is 5.69 Å². The molecule has 0 spiro atoms. The zero-order valence-electron chi connectivity index (χ0n) is 22.8. The van der Waals surface area contributed by atoms with E-state index in [-0.39, 0.29) is 16.4 Å². The number of aliphatic hydroxyl groups is 1. The first-order chi connectivity index (χ1) is 16.7. The standard InChI is InChI=1S/C32H39NO3/c1-31(2,3)25-16-14-22(15-17-25)26-19-24(20-27(32(4,5)6)29(26)33(7)8)28(34)18-11-21-9-12-23(13-10-21)30(35)36/h9-20,28,34H,1-8H3,(H,35,36). The number of aliphatic hydroxyl groups excluding tert-OH is 1. The van der Waals surface area contributed by atoms with E-state index in [4.69, 9.17) is 5.11 Å². The molecule has 190 valence electrons. The van der Waals surface area contributed by atoms with Crippen molar-refractivity contribution < 1.29 is 15.0 Å². The van der Waals surface area contributed by atoms with Gasteiger partial charge in [-0.05, 0) is 56.8 Å². The Morgan fingerprint density at radius 3 is 1.92 bits per heavy atom. The molecule has 3 rings (SSSR count). The molecule has 0 aromatic heterocycles. The second-order valence-electron chi connectivity index (χ2n) is 11.7. The molecule has 1 unspecified atom stereocenters. The van der Waals surface area contributed by atoms with Gasteiger partial charge in [0.15, 0.2) is 0 Å². The average molecular weight is 486 g/mol. The fraction of sp³-hybridized carbons (Fsp3) is 0.344. The Balaban J connectivity index is 2.09. The lowest BCUT2D eigenvalue weighted by molar-refractivity contribution is 0.0697. The number of carboxylic acids is 1. The summed E-state index contributed by atoms with van der Waals surface area (Å²) in [6, 6.07) is 19.5. The zero-order valence-corrected chi connectivity index (χ0v) is 22.8. The van der Waals surface area contributed by atoms with E-state index in [1.165, 1.54) is 5.56 Å². The van der Waals surface area contributed by atoms with Crippen molar-refractivity contribution in [3.8, 4) is 11.1 Å². The molecule has 3 aromatic carbocycles. The summed E-state index contributed by atoms with van der Waals surface area (Å²) < 4.78 is 0. The molecule has 0 amide bonds. The highest BCUT2D eigenvalue weighted by molar-refractivity contribution is 5.87. The van der Waals surface area contributed by atoms with Crippen molar-refractivity contribution in [1.29, 1.82) is 0 Å². The van der Waals surface area contributed by atoms with E-state index in [1.807, 2.05) is 6.08 Å². The highest BCUT2D eigenvalue weighted by Crippen LogP contribution is 2.42. The lowest BCUT2D eigenvalue weighted by Crippen LogP contribution is -2.21. The topological polar surface area (TPSA) is 60.8 Å². The van der Waals surface area contributed by atoms with Crippen LogP contribution in [0.5, 0.6) is 0 Å². The van der Waals surface area contributed by atoms with Gasteiger partial charge in [0.25, 0.3) is 0 Å². The Kier molecular flexibility index (Phi) is 7.80. The molecule has 0 bridgehead atoms. The first kappa shape index (κ1) is 27.2. The van der Waals surface area contributed by atoms with Crippen LogP contribution in [0.15, 0.2) is 66.7 Å². The van der Waals surface area contributed by atoms with Crippen LogP contribution >= 0.6 is 0 Å². The second kappa shape index (κ2) is 10.3. The molecule has 1 atom stereocenters. The minimum atomic E-state index is -0.954. The van der Waals surface area contributed by atoms with Crippen LogP contribution in [0.1, 0.15) is 80.3 Å². The monoisotopic (exact) mass is 485 g/mol. The molecule has 4 heteroatoms. The van der Waals surface area contributed by atoms with Gasteiger partial charge in [0, 0.05) is 25.3 Å². The predicted molar refractivity (Wildman–Crippen MR) is 151 cm³/mol. The third-order valence-corrected chi connectivity index (χ3v) is 6.42. The molecule has 36 heavy (non-hydrogen) atoms. The highest BCUT2D eigenvalue weighted by atomic mass is 16.4. The van der Waals surface area contributed by atoms with Crippen molar-refractivity contribution in [1.82, 2.24) is 0 Å². The Bertz CT molecular complexity index is 1240. The van der Waals surface area contributed by atoms with Gasteiger partial charge in [-0.3, -0.25) is 0 Å². The lowest BCUT2D eigenvalue weighted by atomic mass is 9.80. The Labute approximate surface area is 215 Å². The molecule has 0 aliphatic rings. The predicted octanol–water partition coefficient (Wildman–Crippen LogP) is 7.46. The van der Waals surface area contributed by atoms with E-state index < -0.39 is 12.1 Å². The molecule has 2 N–H and O–H groups in total. The van der Waals surface area contributed by atoms with Crippen molar-refractivity contribution in [3.05, 3.63) is 94.6 Å². The number of hydrogen-bond acceptors (Lipinski definition) is 3. The van der Waals surface area contributed by atoms with Crippen molar-refractivity contribution in [3.63, 3.8) is 0 Å². The summed E-state index contributed by atoms with van der Waals surface area (Å²) >= 11 is 0. The van der Waals surface area contributed by atoms with Crippen LogP contribution in [0.25, 0.3) is 17.2 Å². The number of benzene rings is 3. The SMILES string of the molecule is CN(C)c1c(-c2ccc(C(C)(C)C)cc2)cc(C(O)C=Cc2ccc(C(=O)O)cc2)cc1C(C)(C)C. The summed E-state index contributed by atoms with van der Waals surface area (Å²) in [6.45, 7) is 13.2. The van der Waals surface area contributed by atoms with Crippen LogP contribution in [0, 0.1) is 0 Å². The van der Waals surface area contributed by atoms with Crippen molar-refractivity contribution >= 4 is 17.7 Å². The molecular formula is C32H39NO3. The molecule has 0 radical (unpaired) electrons. The molecule has 0 aliphatic heterocycles. The van der Waals surface area contributed by atoms with Gasteiger partial charge in [-0.1, -0.05) is 96.2 Å². The first-order valence-corrected chi connectivity index (χ1v) is 12.3. The van der Waals surface area contributed by atoms with Gasteiger partial charge in [0.05, 0.1) is 11.7 Å². The number of aromatic carboxylic acids is 1. The van der Waals surface area contributed by atoms with Gasteiger partial charge < -0.3 is 15.1 Å². The van der Waals surface area contributed by atoms with Crippen molar-refractivity contribution in [2.45, 2.75) is 58.5 Å².